The second-order valence-electron chi connectivity index (χ2n) is 8.32. The van der Waals surface area contributed by atoms with E-state index in [4.69, 9.17) is 18.9 Å². The first-order chi connectivity index (χ1) is 17.0. The summed E-state index contributed by atoms with van der Waals surface area (Å²) >= 11 is 0. The molecule has 9 nitrogen and oxygen atoms in total. The third-order valence-electron chi connectivity index (χ3n) is 6.33. The fraction of sp³-hybridized carbons (Fsp3) is 0.423. The molecule has 2 atom stereocenters. The van der Waals surface area contributed by atoms with E-state index in [1.165, 1.54) is 6.33 Å². The molecule has 1 amide bonds. The fourth-order valence-electron chi connectivity index (χ4n) is 4.35. The lowest BCUT2D eigenvalue weighted by Gasteiger charge is -2.20. The Balaban J connectivity index is 1.52. The average Bonchev–Trinajstić information content (AvgIpc) is 3.20. The topological polar surface area (TPSA) is 95.0 Å². The molecule has 1 aromatic heterocycles. The van der Waals surface area contributed by atoms with Crippen LogP contribution in [0.5, 0.6) is 28.9 Å². The molecule has 35 heavy (non-hydrogen) atoms. The van der Waals surface area contributed by atoms with Gasteiger partial charge in [0.15, 0.2) is 11.5 Å². The molecule has 2 unspecified atom stereocenters. The summed E-state index contributed by atoms with van der Waals surface area (Å²) in [7, 11) is 3.15. The molecule has 186 valence electrons. The van der Waals surface area contributed by atoms with Gasteiger partial charge in [-0.1, -0.05) is 19.9 Å². The third-order valence-corrected chi connectivity index (χ3v) is 6.33. The first-order valence-corrected chi connectivity index (χ1v) is 11.8. The Morgan fingerprint density at radius 1 is 1.09 bits per heavy atom. The average molecular weight is 481 g/mol. The summed E-state index contributed by atoms with van der Waals surface area (Å²) in [4.78, 5) is 23.8. The maximum atomic E-state index is 12.9. The Morgan fingerprint density at radius 2 is 1.83 bits per heavy atom. The predicted octanol–water partition coefficient (Wildman–Crippen LogP) is 3.76. The zero-order valence-corrected chi connectivity index (χ0v) is 20.8. The Labute approximate surface area is 205 Å². The number of aromatic nitrogens is 2. The molecule has 0 bridgehead atoms. The zero-order valence-electron chi connectivity index (χ0n) is 20.8. The van der Waals surface area contributed by atoms with Crippen molar-refractivity contribution in [3.63, 3.8) is 0 Å². The number of carbonyl (C=O) groups excluding carboxylic acids is 1. The van der Waals surface area contributed by atoms with Gasteiger partial charge in [0.05, 0.1) is 25.1 Å². The zero-order chi connectivity index (χ0) is 24.9. The van der Waals surface area contributed by atoms with Crippen LogP contribution >= 0.6 is 0 Å². The number of carbonyl (C=O) groups is 1. The number of likely N-dealkylation sites (N-methyl/N-ethyl adjacent to an activating group) is 1. The highest BCUT2D eigenvalue weighted by atomic mass is 16.5. The molecule has 2 aromatic carbocycles. The molecule has 0 radical (unpaired) electrons. The van der Waals surface area contributed by atoms with Crippen molar-refractivity contribution >= 4 is 16.8 Å². The summed E-state index contributed by atoms with van der Waals surface area (Å²) in [6, 6.07) is 9.07. The number of methoxy groups -OCH3 is 2. The second-order valence-corrected chi connectivity index (χ2v) is 8.32. The Kier molecular flexibility index (Phi) is 7.55. The van der Waals surface area contributed by atoms with Gasteiger partial charge in [0.1, 0.15) is 29.8 Å². The minimum atomic E-state index is -0.368. The second kappa shape index (κ2) is 10.8. The number of ether oxygens (including phenoxy) is 4. The van der Waals surface area contributed by atoms with Crippen LogP contribution in [0.15, 0.2) is 36.7 Å². The quantitative estimate of drug-likeness (QED) is 0.469. The molecule has 0 saturated carbocycles. The van der Waals surface area contributed by atoms with E-state index in [1.807, 2.05) is 19.1 Å². The van der Waals surface area contributed by atoms with Gasteiger partial charge in [0.25, 0.3) is 0 Å². The molecule has 1 N–H and O–H groups in total. The van der Waals surface area contributed by atoms with Gasteiger partial charge < -0.3 is 29.2 Å². The van der Waals surface area contributed by atoms with E-state index in [-0.39, 0.29) is 17.9 Å². The summed E-state index contributed by atoms with van der Waals surface area (Å²) in [5.41, 5.74) is 1.52. The highest BCUT2D eigenvalue weighted by Crippen LogP contribution is 2.42. The molecule has 2 heterocycles. The van der Waals surface area contributed by atoms with E-state index >= 15 is 0 Å². The number of nitrogens with zero attached hydrogens (tertiary/aromatic N) is 3. The van der Waals surface area contributed by atoms with E-state index in [9.17, 15) is 4.79 Å². The van der Waals surface area contributed by atoms with Crippen LogP contribution in [0.2, 0.25) is 0 Å². The van der Waals surface area contributed by atoms with Crippen LogP contribution in [0.4, 0.5) is 0 Å². The van der Waals surface area contributed by atoms with Crippen LogP contribution < -0.4 is 24.3 Å². The van der Waals surface area contributed by atoms with Crippen molar-refractivity contribution in [3.05, 3.63) is 42.2 Å². The fourth-order valence-corrected chi connectivity index (χ4v) is 4.35. The molecule has 9 heteroatoms. The van der Waals surface area contributed by atoms with Gasteiger partial charge in [-0.3, -0.25) is 4.79 Å². The van der Waals surface area contributed by atoms with Crippen molar-refractivity contribution in [1.29, 1.82) is 0 Å². The number of hydrogen-bond donors (Lipinski definition) is 1. The molecule has 0 aliphatic carbocycles. The lowest BCUT2D eigenvalue weighted by Crippen LogP contribution is -2.39. The standard InChI is InChI=1S/C26H32N4O5/c1-6-30(7-2)11-10-27-25(31)24-16(3)34-21-12-17(8-9-18(21)24)35-26-19-13-22(32-4)23(33-5)14-20(19)28-15-29-26/h8-9,12-16,24H,6-7,10-11H2,1-5H3,(H,27,31). The predicted molar refractivity (Wildman–Crippen MR) is 133 cm³/mol. The van der Waals surface area contributed by atoms with E-state index in [0.29, 0.717) is 46.3 Å². The maximum absolute atomic E-state index is 12.9. The van der Waals surface area contributed by atoms with Gasteiger partial charge >= 0.3 is 0 Å². The number of fused-ring (bicyclic) bond motifs is 2. The monoisotopic (exact) mass is 480 g/mol. The SMILES string of the molecule is CCN(CC)CCNC(=O)C1c2ccc(Oc3ncnc4cc(OC)c(OC)cc34)cc2OC1C. The summed E-state index contributed by atoms with van der Waals surface area (Å²) in [6.07, 6.45) is 1.17. The number of amides is 1. The van der Waals surface area contributed by atoms with Gasteiger partial charge in [0, 0.05) is 30.8 Å². The minimum absolute atomic E-state index is 0.0279. The van der Waals surface area contributed by atoms with Crippen LogP contribution in [-0.4, -0.2) is 67.3 Å². The lowest BCUT2D eigenvalue weighted by atomic mass is 9.95. The van der Waals surface area contributed by atoms with Crippen molar-refractivity contribution in [2.75, 3.05) is 40.4 Å². The van der Waals surface area contributed by atoms with Gasteiger partial charge in [0.2, 0.25) is 11.8 Å². The van der Waals surface area contributed by atoms with Crippen molar-refractivity contribution in [1.82, 2.24) is 20.2 Å². The van der Waals surface area contributed by atoms with Crippen LogP contribution in [0.3, 0.4) is 0 Å². The van der Waals surface area contributed by atoms with E-state index in [0.717, 1.165) is 25.2 Å². The highest BCUT2D eigenvalue weighted by molar-refractivity contribution is 5.87. The first-order valence-electron chi connectivity index (χ1n) is 11.8. The summed E-state index contributed by atoms with van der Waals surface area (Å²) in [5.74, 6) is 2.30. The minimum Gasteiger partial charge on any atom is -0.493 e. The summed E-state index contributed by atoms with van der Waals surface area (Å²) in [6.45, 7) is 9.50. The van der Waals surface area contributed by atoms with Gasteiger partial charge in [-0.15, -0.1) is 0 Å². The Bertz CT molecular complexity index is 1200. The Morgan fingerprint density at radius 3 is 2.54 bits per heavy atom. The van der Waals surface area contributed by atoms with Gasteiger partial charge in [-0.25, -0.2) is 9.97 Å². The van der Waals surface area contributed by atoms with Crippen LogP contribution in [0.25, 0.3) is 10.9 Å². The molecular formula is C26H32N4O5. The molecular weight excluding hydrogens is 448 g/mol. The molecule has 0 fully saturated rings. The molecule has 0 saturated heterocycles. The van der Waals surface area contributed by atoms with E-state index in [2.05, 4.69) is 34.0 Å². The molecule has 0 spiro atoms. The van der Waals surface area contributed by atoms with Crippen LogP contribution in [0.1, 0.15) is 32.3 Å². The largest absolute Gasteiger partial charge is 0.493 e. The number of benzene rings is 2. The maximum Gasteiger partial charge on any atom is 0.231 e. The van der Waals surface area contributed by atoms with Crippen molar-refractivity contribution in [2.45, 2.75) is 32.8 Å². The smallest absolute Gasteiger partial charge is 0.231 e. The highest BCUT2D eigenvalue weighted by Gasteiger charge is 2.37. The summed E-state index contributed by atoms with van der Waals surface area (Å²) in [5, 5.41) is 3.74. The van der Waals surface area contributed by atoms with Crippen LogP contribution in [0, 0.1) is 0 Å². The van der Waals surface area contributed by atoms with Crippen molar-refractivity contribution in [3.8, 4) is 28.9 Å². The molecule has 3 aromatic rings. The molecule has 1 aliphatic rings. The van der Waals surface area contributed by atoms with E-state index < -0.39 is 0 Å². The van der Waals surface area contributed by atoms with Gasteiger partial charge in [-0.2, -0.15) is 0 Å². The lowest BCUT2D eigenvalue weighted by molar-refractivity contribution is -0.123. The summed E-state index contributed by atoms with van der Waals surface area (Å²) < 4.78 is 22.9. The van der Waals surface area contributed by atoms with Crippen molar-refractivity contribution < 1.29 is 23.7 Å². The number of nitrogens with one attached hydrogen (secondary N) is 1. The van der Waals surface area contributed by atoms with Gasteiger partial charge in [-0.05, 0) is 32.1 Å². The normalized spacial score (nSPS) is 16.6. The Hall–Kier alpha value is -3.59. The van der Waals surface area contributed by atoms with Crippen molar-refractivity contribution in [2.24, 2.45) is 0 Å². The third kappa shape index (κ3) is 5.09. The van der Waals surface area contributed by atoms with Crippen LogP contribution in [-0.2, 0) is 4.79 Å². The number of rotatable bonds is 10. The first kappa shape index (κ1) is 24.5. The molecule has 4 rings (SSSR count). The molecule has 1 aliphatic heterocycles. The van der Waals surface area contributed by atoms with E-state index in [1.54, 1.807) is 32.4 Å². The number of hydrogen-bond acceptors (Lipinski definition) is 8.